The summed E-state index contributed by atoms with van der Waals surface area (Å²) in [6.45, 7) is 10.3. The predicted molar refractivity (Wildman–Crippen MR) is 128 cm³/mol. The lowest BCUT2D eigenvalue weighted by Gasteiger charge is -2.32. The van der Waals surface area contributed by atoms with E-state index in [0.29, 0.717) is 5.92 Å². The molecule has 0 aliphatic carbocycles. The van der Waals surface area contributed by atoms with Crippen LogP contribution in [0.5, 0.6) is 0 Å². The van der Waals surface area contributed by atoms with Gasteiger partial charge >= 0.3 is 0 Å². The number of carbonyl (C=O) groups is 1. The number of rotatable bonds is 8. The fourth-order valence-corrected chi connectivity index (χ4v) is 4.79. The number of amides is 1. The van der Waals surface area contributed by atoms with Gasteiger partial charge in [-0.05, 0) is 68.1 Å². The number of likely N-dealkylation sites (tertiary alicyclic amines) is 1. The number of fused-ring (bicyclic) bond motifs is 1. The van der Waals surface area contributed by atoms with Gasteiger partial charge in [-0.1, -0.05) is 44.2 Å². The molecule has 0 atom stereocenters. The van der Waals surface area contributed by atoms with Gasteiger partial charge in [0.1, 0.15) is 0 Å². The molecule has 1 fully saturated rings. The van der Waals surface area contributed by atoms with Crippen molar-refractivity contribution in [3.63, 3.8) is 0 Å². The van der Waals surface area contributed by atoms with Gasteiger partial charge in [-0.3, -0.25) is 4.79 Å². The highest BCUT2D eigenvalue weighted by atomic mass is 16.2. The first kappa shape index (κ1) is 21.6. The third kappa shape index (κ3) is 5.19. The van der Waals surface area contributed by atoms with Crippen LogP contribution in [0.3, 0.4) is 0 Å². The van der Waals surface area contributed by atoms with E-state index in [1.165, 1.54) is 11.1 Å². The quantitative estimate of drug-likeness (QED) is 0.511. The van der Waals surface area contributed by atoms with Gasteiger partial charge in [0, 0.05) is 48.8 Å². The van der Waals surface area contributed by atoms with E-state index in [2.05, 4.69) is 78.0 Å². The zero-order valence-electron chi connectivity index (χ0n) is 19.0. The molecule has 2 aromatic carbocycles. The molecule has 164 valence electrons. The summed E-state index contributed by atoms with van der Waals surface area (Å²) in [6, 6.07) is 19.0. The molecule has 1 aromatic heterocycles. The van der Waals surface area contributed by atoms with E-state index >= 15 is 0 Å². The van der Waals surface area contributed by atoms with Crippen LogP contribution in [0.1, 0.15) is 42.6 Å². The van der Waals surface area contributed by atoms with Crippen LogP contribution in [0.25, 0.3) is 10.9 Å². The molecule has 1 aliphatic rings. The normalized spacial score (nSPS) is 15.1. The molecule has 2 heterocycles. The second-order valence-corrected chi connectivity index (χ2v) is 8.73. The lowest BCUT2D eigenvalue weighted by Crippen LogP contribution is -2.38. The number of piperidine rings is 1. The first-order valence-electron chi connectivity index (χ1n) is 11.8. The van der Waals surface area contributed by atoms with Crippen LogP contribution < -0.4 is 0 Å². The average molecular weight is 418 g/mol. The number of carbonyl (C=O) groups excluding carboxylic acids is 1. The molecular weight excluding hydrogens is 382 g/mol. The van der Waals surface area contributed by atoms with Crippen LogP contribution in [-0.4, -0.2) is 53.0 Å². The molecule has 1 saturated heterocycles. The maximum Gasteiger partial charge on any atom is 0.253 e. The molecule has 31 heavy (non-hydrogen) atoms. The van der Waals surface area contributed by atoms with Gasteiger partial charge < -0.3 is 14.4 Å². The highest BCUT2D eigenvalue weighted by molar-refractivity contribution is 5.98. The van der Waals surface area contributed by atoms with Gasteiger partial charge in [-0.15, -0.1) is 0 Å². The van der Waals surface area contributed by atoms with E-state index in [-0.39, 0.29) is 5.91 Å². The molecule has 0 bridgehead atoms. The lowest BCUT2D eigenvalue weighted by atomic mass is 9.90. The van der Waals surface area contributed by atoms with Crippen molar-refractivity contribution in [1.82, 2.24) is 14.4 Å². The summed E-state index contributed by atoms with van der Waals surface area (Å²) in [4.78, 5) is 17.6. The van der Waals surface area contributed by atoms with Crippen LogP contribution >= 0.6 is 0 Å². The molecule has 0 unspecified atom stereocenters. The molecule has 4 rings (SSSR count). The number of likely N-dealkylation sites (N-methyl/N-ethyl adjacent to an activating group) is 1. The van der Waals surface area contributed by atoms with E-state index in [1.807, 2.05) is 11.0 Å². The predicted octanol–water partition coefficient (Wildman–Crippen LogP) is 5.08. The van der Waals surface area contributed by atoms with E-state index in [0.717, 1.165) is 69.5 Å². The standard InChI is InChI=1S/C27H35N3O/c1-3-28(4-2)18-19-29-17-14-24-21-25(10-11-26(24)29)27(31)30-15-12-23(13-16-30)20-22-8-6-5-7-9-22/h5-11,14,17,21,23H,3-4,12-13,15-16,18-20H2,1-2H3. The zero-order valence-corrected chi connectivity index (χ0v) is 19.0. The maximum absolute atomic E-state index is 13.1. The van der Waals surface area contributed by atoms with Gasteiger partial charge in [0.15, 0.2) is 0 Å². The minimum Gasteiger partial charge on any atom is -0.346 e. The van der Waals surface area contributed by atoms with Crippen LogP contribution in [0, 0.1) is 5.92 Å². The van der Waals surface area contributed by atoms with Crippen LogP contribution in [0.4, 0.5) is 0 Å². The zero-order chi connectivity index (χ0) is 21.6. The van der Waals surface area contributed by atoms with Crippen molar-refractivity contribution >= 4 is 16.8 Å². The molecule has 4 heteroatoms. The molecule has 0 saturated carbocycles. The van der Waals surface area contributed by atoms with Crippen molar-refractivity contribution in [2.75, 3.05) is 32.7 Å². The molecular formula is C27H35N3O. The Bertz CT molecular complexity index is 982. The van der Waals surface area contributed by atoms with Crippen LogP contribution in [-0.2, 0) is 13.0 Å². The van der Waals surface area contributed by atoms with E-state index in [4.69, 9.17) is 0 Å². The van der Waals surface area contributed by atoms with E-state index in [1.54, 1.807) is 0 Å². The summed E-state index contributed by atoms with van der Waals surface area (Å²) in [7, 11) is 0. The van der Waals surface area contributed by atoms with Gasteiger partial charge in [-0.2, -0.15) is 0 Å². The fourth-order valence-electron chi connectivity index (χ4n) is 4.79. The maximum atomic E-state index is 13.1. The third-order valence-electron chi connectivity index (χ3n) is 6.84. The smallest absolute Gasteiger partial charge is 0.253 e. The number of hydrogen-bond donors (Lipinski definition) is 0. The number of nitrogens with zero attached hydrogens (tertiary/aromatic N) is 3. The van der Waals surface area contributed by atoms with Gasteiger partial charge in [0.25, 0.3) is 5.91 Å². The largest absolute Gasteiger partial charge is 0.346 e. The van der Waals surface area contributed by atoms with Crippen LogP contribution in [0.15, 0.2) is 60.8 Å². The minimum atomic E-state index is 0.177. The highest BCUT2D eigenvalue weighted by Gasteiger charge is 2.24. The van der Waals surface area contributed by atoms with Gasteiger partial charge in [0.2, 0.25) is 0 Å². The van der Waals surface area contributed by atoms with Gasteiger partial charge in [-0.25, -0.2) is 0 Å². The Hall–Kier alpha value is -2.59. The fraction of sp³-hybridized carbons (Fsp3) is 0.444. The Morgan fingerprint density at radius 1 is 1.00 bits per heavy atom. The average Bonchev–Trinajstić information content (AvgIpc) is 3.23. The summed E-state index contributed by atoms with van der Waals surface area (Å²) in [5.74, 6) is 0.852. The molecule has 1 aliphatic heterocycles. The third-order valence-corrected chi connectivity index (χ3v) is 6.84. The van der Waals surface area contributed by atoms with Crippen molar-refractivity contribution in [2.45, 2.75) is 39.7 Å². The van der Waals surface area contributed by atoms with Crippen molar-refractivity contribution in [2.24, 2.45) is 5.92 Å². The number of benzene rings is 2. The Balaban J connectivity index is 1.36. The molecule has 0 radical (unpaired) electrons. The first-order valence-corrected chi connectivity index (χ1v) is 11.8. The molecule has 4 nitrogen and oxygen atoms in total. The summed E-state index contributed by atoms with van der Waals surface area (Å²) < 4.78 is 2.30. The second-order valence-electron chi connectivity index (χ2n) is 8.73. The first-order chi connectivity index (χ1) is 15.2. The SMILES string of the molecule is CCN(CC)CCn1ccc2cc(C(=O)N3CCC(Cc4ccccc4)CC3)ccc21. The Kier molecular flexibility index (Phi) is 7.08. The van der Waals surface area contributed by atoms with Crippen molar-refractivity contribution in [1.29, 1.82) is 0 Å². The summed E-state index contributed by atoms with van der Waals surface area (Å²) in [5.41, 5.74) is 3.43. The monoisotopic (exact) mass is 417 g/mol. The minimum absolute atomic E-state index is 0.177. The number of hydrogen-bond acceptors (Lipinski definition) is 2. The Labute approximate surface area is 186 Å². The summed E-state index contributed by atoms with van der Waals surface area (Å²) in [6.07, 6.45) is 5.45. The molecule has 0 N–H and O–H groups in total. The Morgan fingerprint density at radius 2 is 1.74 bits per heavy atom. The second kappa shape index (κ2) is 10.1. The van der Waals surface area contributed by atoms with Crippen molar-refractivity contribution in [3.05, 3.63) is 71.9 Å². The lowest BCUT2D eigenvalue weighted by molar-refractivity contribution is 0.0690. The van der Waals surface area contributed by atoms with Crippen molar-refractivity contribution < 1.29 is 4.79 Å². The number of aromatic nitrogens is 1. The topological polar surface area (TPSA) is 28.5 Å². The Morgan fingerprint density at radius 3 is 2.45 bits per heavy atom. The molecule has 1 amide bonds. The van der Waals surface area contributed by atoms with Crippen molar-refractivity contribution in [3.8, 4) is 0 Å². The molecule has 3 aromatic rings. The van der Waals surface area contributed by atoms with E-state index in [9.17, 15) is 4.79 Å². The summed E-state index contributed by atoms with van der Waals surface area (Å²) in [5, 5.41) is 1.16. The van der Waals surface area contributed by atoms with Gasteiger partial charge in [0.05, 0.1) is 0 Å². The van der Waals surface area contributed by atoms with E-state index < -0.39 is 0 Å². The van der Waals surface area contributed by atoms with Crippen LogP contribution in [0.2, 0.25) is 0 Å². The summed E-state index contributed by atoms with van der Waals surface area (Å²) >= 11 is 0. The highest BCUT2D eigenvalue weighted by Crippen LogP contribution is 2.24. The molecule has 0 spiro atoms.